The van der Waals surface area contributed by atoms with Gasteiger partial charge < -0.3 is 15.2 Å². The first kappa shape index (κ1) is 28.5. The second-order valence-electron chi connectivity index (χ2n) is 8.47. The van der Waals surface area contributed by atoms with E-state index in [9.17, 15) is 26.4 Å². The number of carbonyl (C=O) groups is 1. The van der Waals surface area contributed by atoms with Gasteiger partial charge in [-0.1, -0.05) is 24.3 Å². The highest BCUT2D eigenvalue weighted by atomic mass is 32.2. The third-order valence-corrected chi connectivity index (χ3v) is 6.98. The van der Waals surface area contributed by atoms with E-state index in [4.69, 9.17) is 15.2 Å². The zero-order valence-electron chi connectivity index (χ0n) is 20.9. The molecular weight excluding hydrogens is 549 g/mol. The van der Waals surface area contributed by atoms with E-state index in [1.165, 1.54) is 42.9 Å². The highest BCUT2D eigenvalue weighted by Crippen LogP contribution is 2.39. The van der Waals surface area contributed by atoms with Gasteiger partial charge in [-0.05, 0) is 60.5 Å². The van der Waals surface area contributed by atoms with Crippen LogP contribution in [0.3, 0.4) is 0 Å². The fourth-order valence-electron chi connectivity index (χ4n) is 3.59. The van der Waals surface area contributed by atoms with Crippen molar-refractivity contribution in [2.24, 2.45) is 5.73 Å². The van der Waals surface area contributed by atoms with Gasteiger partial charge in [0.15, 0.2) is 0 Å². The number of benzene rings is 3. The van der Waals surface area contributed by atoms with Crippen LogP contribution in [-0.2, 0) is 22.7 Å². The molecule has 0 bridgehead atoms. The summed E-state index contributed by atoms with van der Waals surface area (Å²) in [6, 6.07) is 14.5. The summed E-state index contributed by atoms with van der Waals surface area (Å²) in [6.07, 6.45) is -1.43. The van der Waals surface area contributed by atoms with E-state index in [0.717, 1.165) is 12.1 Å². The van der Waals surface area contributed by atoms with Crippen molar-refractivity contribution in [2.75, 3.05) is 0 Å². The fourth-order valence-corrected chi connectivity index (χ4v) is 4.56. The Hall–Kier alpha value is -4.49. The van der Waals surface area contributed by atoms with E-state index >= 15 is 0 Å². The molecule has 40 heavy (non-hydrogen) atoms. The van der Waals surface area contributed by atoms with Crippen molar-refractivity contribution in [3.63, 3.8) is 0 Å². The van der Waals surface area contributed by atoms with Crippen LogP contribution in [0.25, 0.3) is 0 Å². The van der Waals surface area contributed by atoms with Crippen molar-refractivity contribution in [3.8, 4) is 17.4 Å². The first-order chi connectivity index (χ1) is 19.0. The Morgan fingerprint density at radius 1 is 1.05 bits per heavy atom. The molecule has 0 aliphatic rings. The van der Waals surface area contributed by atoms with Crippen LogP contribution in [0.5, 0.6) is 17.4 Å². The molecule has 0 aliphatic heterocycles. The van der Waals surface area contributed by atoms with E-state index in [0.29, 0.717) is 22.9 Å². The number of sulfonamides is 1. The molecule has 1 atom stereocenters. The minimum atomic E-state index is -4.90. The Balaban J connectivity index is 1.54. The highest BCUT2D eigenvalue weighted by Gasteiger charge is 2.36. The molecular formula is C27H23F3N4O5S. The lowest BCUT2D eigenvalue weighted by atomic mass is 10.1. The third kappa shape index (κ3) is 6.93. The Morgan fingerprint density at radius 2 is 1.80 bits per heavy atom. The molecule has 1 aromatic heterocycles. The maximum Gasteiger partial charge on any atom is 0.419 e. The maximum absolute atomic E-state index is 14.0. The van der Waals surface area contributed by atoms with E-state index < -0.39 is 45.1 Å². The Bertz CT molecular complexity index is 1600. The molecule has 1 heterocycles. The van der Waals surface area contributed by atoms with Crippen LogP contribution < -0.4 is 19.9 Å². The lowest BCUT2D eigenvalue weighted by Crippen LogP contribution is -2.30. The summed E-state index contributed by atoms with van der Waals surface area (Å²) in [4.78, 5) is 20.3. The molecule has 0 aliphatic carbocycles. The SMILES string of the molecule is CC(Oc1ccc(C(=O)NS(=O)(=O)c2ccc(CN)cc2)cc1C(F)(F)F)c1cccc(Oc2cnccn2)c1. The standard InChI is InChI=1S/C27H23F3N4O5S/c1-17(19-3-2-4-21(13-19)39-25-16-32-11-12-33-25)38-24-10-7-20(14-23(24)27(28,29)30)26(35)34-40(36,37)22-8-5-18(15-31)6-9-22/h2-14,16-17H,15,31H2,1H3,(H,34,35). The number of nitrogens with two attached hydrogens (primary N) is 1. The molecule has 3 aromatic carbocycles. The largest absolute Gasteiger partial charge is 0.485 e. The predicted molar refractivity (Wildman–Crippen MR) is 138 cm³/mol. The number of hydrogen-bond acceptors (Lipinski definition) is 8. The molecule has 0 spiro atoms. The number of hydrogen-bond donors (Lipinski definition) is 2. The van der Waals surface area contributed by atoms with Crippen molar-refractivity contribution in [1.82, 2.24) is 14.7 Å². The summed E-state index contributed by atoms with van der Waals surface area (Å²) in [5, 5.41) is 0. The minimum absolute atomic E-state index is 0.183. The summed E-state index contributed by atoms with van der Waals surface area (Å²) in [5.41, 5.74) is 4.89. The highest BCUT2D eigenvalue weighted by molar-refractivity contribution is 7.90. The first-order valence-electron chi connectivity index (χ1n) is 11.7. The number of amides is 1. The van der Waals surface area contributed by atoms with E-state index in [1.54, 1.807) is 35.9 Å². The normalized spacial score (nSPS) is 12.4. The van der Waals surface area contributed by atoms with Gasteiger partial charge in [0.05, 0.1) is 16.7 Å². The summed E-state index contributed by atoms with van der Waals surface area (Å²) in [6.45, 7) is 1.73. The summed E-state index contributed by atoms with van der Waals surface area (Å²) >= 11 is 0. The summed E-state index contributed by atoms with van der Waals surface area (Å²) < 4.78 is 80.0. The molecule has 9 nitrogen and oxygen atoms in total. The Labute approximate surface area is 227 Å². The molecule has 1 amide bonds. The fraction of sp³-hybridized carbons (Fsp3) is 0.148. The van der Waals surface area contributed by atoms with Gasteiger partial charge in [0.25, 0.3) is 15.9 Å². The molecule has 208 valence electrons. The number of nitrogens with zero attached hydrogens (tertiary/aromatic N) is 2. The summed E-state index contributed by atoms with van der Waals surface area (Å²) in [7, 11) is -4.35. The first-order valence-corrected chi connectivity index (χ1v) is 13.2. The number of nitrogens with one attached hydrogen (secondary N) is 1. The quantitative estimate of drug-likeness (QED) is 0.286. The van der Waals surface area contributed by atoms with Gasteiger partial charge >= 0.3 is 6.18 Å². The van der Waals surface area contributed by atoms with Crippen LogP contribution in [0.2, 0.25) is 0 Å². The minimum Gasteiger partial charge on any atom is -0.485 e. The van der Waals surface area contributed by atoms with E-state index in [2.05, 4.69) is 9.97 Å². The van der Waals surface area contributed by atoms with Gasteiger partial charge in [-0.2, -0.15) is 13.2 Å². The number of rotatable bonds is 9. The van der Waals surface area contributed by atoms with Crippen molar-refractivity contribution in [3.05, 3.63) is 108 Å². The van der Waals surface area contributed by atoms with Gasteiger partial charge in [0.2, 0.25) is 5.88 Å². The van der Waals surface area contributed by atoms with Gasteiger partial charge in [-0.15, -0.1) is 0 Å². The molecule has 4 aromatic rings. The predicted octanol–water partition coefficient (Wildman–Crippen LogP) is 5.01. The Morgan fingerprint density at radius 3 is 2.45 bits per heavy atom. The van der Waals surface area contributed by atoms with Gasteiger partial charge in [-0.25, -0.2) is 18.1 Å². The number of ether oxygens (including phenoxy) is 2. The topological polar surface area (TPSA) is 134 Å². The molecule has 0 saturated carbocycles. The van der Waals surface area contributed by atoms with Crippen LogP contribution in [0.15, 0.2) is 90.2 Å². The number of alkyl halides is 3. The lowest BCUT2D eigenvalue weighted by Gasteiger charge is -2.20. The molecule has 0 radical (unpaired) electrons. The molecule has 3 N–H and O–H groups in total. The van der Waals surface area contributed by atoms with Crippen LogP contribution in [-0.4, -0.2) is 24.3 Å². The van der Waals surface area contributed by atoms with Crippen molar-refractivity contribution < 1.29 is 35.9 Å². The average Bonchev–Trinajstić information content (AvgIpc) is 2.93. The van der Waals surface area contributed by atoms with Gasteiger partial charge in [-0.3, -0.25) is 9.78 Å². The number of carbonyl (C=O) groups excluding carboxylic acids is 1. The monoisotopic (exact) mass is 572 g/mol. The third-order valence-electron chi connectivity index (χ3n) is 5.64. The average molecular weight is 573 g/mol. The molecule has 13 heteroatoms. The van der Waals surface area contributed by atoms with Crippen molar-refractivity contribution in [1.29, 1.82) is 0 Å². The summed E-state index contributed by atoms with van der Waals surface area (Å²) in [5.74, 6) is -1.18. The maximum atomic E-state index is 14.0. The van der Waals surface area contributed by atoms with Gasteiger partial charge in [0, 0.05) is 24.5 Å². The van der Waals surface area contributed by atoms with Crippen molar-refractivity contribution >= 4 is 15.9 Å². The van der Waals surface area contributed by atoms with E-state index in [1.807, 2.05) is 0 Å². The molecule has 0 fully saturated rings. The number of halogens is 3. The smallest absolute Gasteiger partial charge is 0.419 e. The Kier molecular flexibility index (Phi) is 8.35. The second-order valence-corrected chi connectivity index (χ2v) is 10.2. The number of aromatic nitrogens is 2. The van der Waals surface area contributed by atoms with Crippen LogP contribution in [0.4, 0.5) is 13.2 Å². The molecule has 1 unspecified atom stereocenters. The molecule has 4 rings (SSSR count). The van der Waals surface area contributed by atoms with Gasteiger partial charge in [0.1, 0.15) is 17.6 Å². The molecule has 0 saturated heterocycles. The zero-order valence-corrected chi connectivity index (χ0v) is 21.7. The van der Waals surface area contributed by atoms with Crippen LogP contribution in [0.1, 0.15) is 40.1 Å². The second kappa shape index (κ2) is 11.7. The lowest BCUT2D eigenvalue weighted by molar-refractivity contribution is -0.139. The van der Waals surface area contributed by atoms with Crippen LogP contribution in [0, 0.1) is 0 Å². The zero-order chi connectivity index (χ0) is 28.9. The van der Waals surface area contributed by atoms with Crippen LogP contribution >= 0.6 is 0 Å². The van der Waals surface area contributed by atoms with E-state index in [-0.39, 0.29) is 17.3 Å². The van der Waals surface area contributed by atoms with Crippen molar-refractivity contribution in [2.45, 2.75) is 30.6 Å².